The maximum atomic E-state index is 14.1. The summed E-state index contributed by atoms with van der Waals surface area (Å²) in [6.45, 7) is 3.46. The molecule has 6 heteroatoms. The number of rotatable bonds is 5. The lowest BCUT2D eigenvalue weighted by atomic mass is 10.1. The quantitative estimate of drug-likeness (QED) is 0.394. The van der Waals surface area contributed by atoms with Gasteiger partial charge in [0.1, 0.15) is 10.9 Å². The van der Waals surface area contributed by atoms with E-state index in [2.05, 4.69) is 16.6 Å². The van der Waals surface area contributed by atoms with Gasteiger partial charge in [-0.15, -0.1) is 11.8 Å². The van der Waals surface area contributed by atoms with Gasteiger partial charge < -0.3 is 10.8 Å². The summed E-state index contributed by atoms with van der Waals surface area (Å²) >= 11 is 1.38. The molecule has 0 radical (unpaired) electrons. The highest BCUT2D eigenvalue weighted by Gasteiger charge is 2.14. The average Bonchev–Trinajstić information content (AvgIpc) is 2.64. The molecule has 0 atom stereocenters. The van der Waals surface area contributed by atoms with E-state index in [4.69, 9.17) is 5.73 Å². The lowest BCUT2D eigenvalue weighted by Crippen LogP contribution is -2.09. The predicted molar refractivity (Wildman–Crippen MR) is 106 cm³/mol. The molecule has 1 aromatic heterocycles. The zero-order chi connectivity index (χ0) is 18.5. The van der Waals surface area contributed by atoms with Crippen LogP contribution in [0.4, 0.5) is 4.39 Å². The fourth-order valence-electron chi connectivity index (χ4n) is 2.68. The molecule has 0 saturated heterocycles. The van der Waals surface area contributed by atoms with Gasteiger partial charge in [-0.1, -0.05) is 36.4 Å². The van der Waals surface area contributed by atoms with E-state index in [9.17, 15) is 9.50 Å². The van der Waals surface area contributed by atoms with E-state index in [-0.39, 0.29) is 12.4 Å². The van der Waals surface area contributed by atoms with Crippen molar-refractivity contribution in [1.29, 1.82) is 0 Å². The van der Waals surface area contributed by atoms with Crippen LogP contribution in [0.2, 0.25) is 0 Å². The van der Waals surface area contributed by atoms with Crippen molar-refractivity contribution in [3.8, 4) is 0 Å². The van der Waals surface area contributed by atoms with Crippen LogP contribution in [0.3, 0.4) is 0 Å². The zero-order valence-electron chi connectivity index (χ0n) is 14.0. The number of pyridine rings is 1. The Bertz CT molecular complexity index is 982. The topological polar surface area (TPSA) is 71.5 Å². The first-order valence-corrected chi connectivity index (χ1v) is 8.98. The number of benzene rings is 2. The van der Waals surface area contributed by atoms with Crippen molar-refractivity contribution in [2.75, 3.05) is 0 Å². The van der Waals surface area contributed by atoms with Crippen molar-refractivity contribution in [2.45, 2.75) is 12.3 Å². The smallest absolute Gasteiger partial charge is 0.204 e. The van der Waals surface area contributed by atoms with Gasteiger partial charge in [0.25, 0.3) is 0 Å². The van der Waals surface area contributed by atoms with Crippen molar-refractivity contribution < 1.29 is 9.50 Å². The van der Waals surface area contributed by atoms with Crippen molar-refractivity contribution in [1.82, 2.24) is 4.98 Å². The van der Waals surface area contributed by atoms with E-state index in [1.54, 1.807) is 18.3 Å². The zero-order valence-corrected chi connectivity index (χ0v) is 14.8. The third-order valence-electron chi connectivity index (χ3n) is 3.86. The van der Waals surface area contributed by atoms with Crippen molar-refractivity contribution in [3.63, 3.8) is 0 Å². The van der Waals surface area contributed by atoms with Crippen LogP contribution in [0.5, 0.6) is 0 Å². The van der Waals surface area contributed by atoms with Gasteiger partial charge in [0, 0.05) is 35.0 Å². The standard InChI is InChI=1S/C20H18FN3OS/c1-13(25)24-20(16-8-3-9-18(21)17(16)11-22)26-12-15-6-2-5-14-7-4-10-23-19(14)15/h2-10,25H,1,11-12,22H2. The Balaban J connectivity index is 1.96. The molecule has 3 aromatic rings. The average molecular weight is 367 g/mol. The summed E-state index contributed by atoms with van der Waals surface area (Å²) in [4.78, 5) is 8.53. The summed E-state index contributed by atoms with van der Waals surface area (Å²) < 4.78 is 14.1. The Morgan fingerprint density at radius 2 is 1.96 bits per heavy atom. The largest absolute Gasteiger partial charge is 0.494 e. The van der Waals surface area contributed by atoms with Gasteiger partial charge in [-0.2, -0.15) is 0 Å². The number of nitrogens with two attached hydrogens (primary N) is 1. The molecule has 3 rings (SSSR count). The Hall–Kier alpha value is -2.70. The first-order valence-electron chi connectivity index (χ1n) is 8.00. The van der Waals surface area contributed by atoms with E-state index in [1.807, 2.05) is 30.3 Å². The summed E-state index contributed by atoms with van der Waals surface area (Å²) in [6, 6.07) is 14.5. The monoisotopic (exact) mass is 367 g/mol. The fraction of sp³-hybridized carbons (Fsp3) is 0.100. The number of fused-ring (bicyclic) bond motifs is 1. The van der Waals surface area contributed by atoms with Gasteiger partial charge in [-0.05, 0) is 24.3 Å². The SMILES string of the molecule is C=C(O)N=C(SCc1cccc2cccnc12)c1cccc(F)c1CN. The third kappa shape index (κ3) is 3.92. The number of para-hydroxylation sites is 1. The van der Waals surface area contributed by atoms with E-state index >= 15 is 0 Å². The lowest BCUT2D eigenvalue weighted by molar-refractivity contribution is 0.410. The summed E-state index contributed by atoms with van der Waals surface area (Å²) in [6.07, 6.45) is 1.75. The molecule has 2 aromatic carbocycles. The Morgan fingerprint density at radius 1 is 1.19 bits per heavy atom. The van der Waals surface area contributed by atoms with E-state index in [0.29, 0.717) is 21.9 Å². The van der Waals surface area contributed by atoms with Crippen molar-refractivity contribution >= 4 is 27.7 Å². The molecule has 0 saturated carbocycles. The van der Waals surface area contributed by atoms with Crippen LogP contribution in [0.1, 0.15) is 16.7 Å². The molecule has 0 fully saturated rings. The number of thioether (sulfide) groups is 1. The maximum absolute atomic E-state index is 14.1. The van der Waals surface area contributed by atoms with Crippen LogP contribution in [0.15, 0.2) is 72.2 Å². The van der Waals surface area contributed by atoms with Crippen LogP contribution in [-0.2, 0) is 12.3 Å². The summed E-state index contributed by atoms with van der Waals surface area (Å²) in [5, 5.41) is 11.1. The molecule has 26 heavy (non-hydrogen) atoms. The molecule has 0 unspecified atom stereocenters. The van der Waals surface area contributed by atoms with Crippen molar-refractivity contribution in [2.24, 2.45) is 10.7 Å². The molecule has 0 aliphatic heterocycles. The normalized spacial score (nSPS) is 11.7. The predicted octanol–water partition coefficient (Wildman–Crippen LogP) is 4.54. The molecule has 0 aliphatic rings. The van der Waals surface area contributed by atoms with Crippen LogP contribution in [0.25, 0.3) is 10.9 Å². The number of aliphatic hydroxyl groups is 1. The minimum absolute atomic E-state index is 0.0370. The van der Waals surface area contributed by atoms with Gasteiger partial charge in [-0.3, -0.25) is 4.98 Å². The highest BCUT2D eigenvalue weighted by molar-refractivity contribution is 8.13. The van der Waals surface area contributed by atoms with Crippen LogP contribution in [-0.4, -0.2) is 15.1 Å². The lowest BCUT2D eigenvalue weighted by Gasteiger charge is -2.12. The molecule has 0 aliphatic carbocycles. The first kappa shape index (κ1) is 18.1. The Kier molecular flexibility index (Phi) is 5.65. The van der Waals surface area contributed by atoms with Crippen LogP contribution < -0.4 is 5.73 Å². The van der Waals surface area contributed by atoms with Gasteiger partial charge >= 0.3 is 0 Å². The molecule has 1 heterocycles. The molecule has 0 bridgehead atoms. The molecule has 0 amide bonds. The van der Waals surface area contributed by atoms with Gasteiger partial charge in [0.15, 0.2) is 0 Å². The van der Waals surface area contributed by atoms with Gasteiger partial charge in [-0.25, -0.2) is 9.38 Å². The maximum Gasteiger partial charge on any atom is 0.204 e. The second-order valence-corrected chi connectivity index (χ2v) is 6.55. The second kappa shape index (κ2) is 8.12. The molecule has 4 nitrogen and oxygen atoms in total. The number of aromatic nitrogens is 1. The molecule has 0 spiro atoms. The highest BCUT2D eigenvalue weighted by atomic mass is 32.2. The van der Waals surface area contributed by atoms with Gasteiger partial charge in [0.2, 0.25) is 5.88 Å². The molecule has 3 N–H and O–H groups in total. The number of hydrogen-bond donors (Lipinski definition) is 2. The minimum Gasteiger partial charge on any atom is -0.494 e. The number of aliphatic imine (C=N–C) groups is 1. The summed E-state index contributed by atoms with van der Waals surface area (Å²) in [5.41, 5.74) is 8.55. The third-order valence-corrected chi connectivity index (χ3v) is 4.90. The molecular weight excluding hydrogens is 349 g/mol. The van der Waals surface area contributed by atoms with E-state index in [1.165, 1.54) is 17.8 Å². The van der Waals surface area contributed by atoms with E-state index in [0.717, 1.165) is 16.5 Å². The molecular formula is C20H18FN3OS. The highest BCUT2D eigenvalue weighted by Crippen LogP contribution is 2.26. The number of halogens is 1. The summed E-state index contributed by atoms with van der Waals surface area (Å²) in [7, 11) is 0. The van der Waals surface area contributed by atoms with Gasteiger partial charge in [0.05, 0.1) is 5.52 Å². The van der Waals surface area contributed by atoms with Crippen LogP contribution in [0, 0.1) is 5.82 Å². The number of aliphatic hydroxyl groups excluding tert-OH is 1. The molecule has 132 valence electrons. The number of nitrogens with zero attached hydrogens (tertiary/aromatic N) is 2. The Labute approximate surface area is 155 Å². The summed E-state index contributed by atoms with van der Waals surface area (Å²) in [5.74, 6) is -0.175. The fourth-order valence-corrected chi connectivity index (χ4v) is 3.73. The van der Waals surface area contributed by atoms with Crippen LogP contribution >= 0.6 is 11.8 Å². The van der Waals surface area contributed by atoms with Crippen molar-refractivity contribution in [3.05, 3.63) is 89.7 Å². The Morgan fingerprint density at radius 3 is 2.73 bits per heavy atom. The first-order chi connectivity index (χ1) is 12.6. The second-order valence-electron chi connectivity index (χ2n) is 5.58. The number of hydrogen-bond acceptors (Lipinski definition) is 5. The van der Waals surface area contributed by atoms with E-state index < -0.39 is 5.82 Å². The minimum atomic E-state index is -0.395.